The number of ether oxygens (including phenoxy) is 3. The summed E-state index contributed by atoms with van der Waals surface area (Å²) in [5.41, 5.74) is 0. The first-order chi connectivity index (χ1) is 7.36. The van der Waals surface area contributed by atoms with Crippen LogP contribution in [-0.4, -0.2) is 32.2 Å². The molecule has 0 bridgehead atoms. The van der Waals surface area contributed by atoms with Gasteiger partial charge >= 0.3 is 0 Å². The highest BCUT2D eigenvalue weighted by Crippen LogP contribution is 2.19. The highest BCUT2D eigenvalue weighted by Gasteiger charge is 2.21. The summed E-state index contributed by atoms with van der Waals surface area (Å²) in [7, 11) is 0. The summed E-state index contributed by atoms with van der Waals surface area (Å²) < 4.78 is 16.9. The summed E-state index contributed by atoms with van der Waals surface area (Å²) in [5, 5.41) is 0. The zero-order chi connectivity index (χ0) is 10.9. The van der Waals surface area contributed by atoms with E-state index in [2.05, 4.69) is 13.8 Å². The van der Waals surface area contributed by atoms with E-state index in [1.165, 1.54) is 6.42 Å². The molecule has 0 spiro atoms. The molecule has 1 fully saturated rings. The molecule has 15 heavy (non-hydrogen) atoms. The van der Waals surface area contributed by atoms with E-state index in [4.69, 9.17) is 14.2 Å². The van der Waals surface area contributed by atoms with E-state index >= 15 is 0 Å². The van der Waals surface area contributed by atoms with Gasteiger partial charge in [-0.2, -0.15) is 0 Å². The maximum atomic E-state index is 5.65. The Balaban J connectivity index is 2.19. The fourth-order valence-corrected chi connectivity index (χ4v) is 1.73. The van der Waals surface area contributed by atoms with Gasteiger partial charge < -0.3 is 14.2 Å². The lowest BCUT2D eigenvalue weighted by atomic mass is 10.2. The minimum Gasteiger partial charge on any atom is -0.378 e. The summed E-state index contributed by atoms with van der Waals surface area (Å²) in [4.78, 5) is 0. The molecule has 3 heteroatoms. The van der Waals surface area contributed by atoms with Gasteiger partial charge in [0.05, 0.1) is 6.10 Å². The predicted octanol–water partition coefficient (Wildman–Crippen LogP) is 2.73. The lowest BCUT2D eigenvalue weighted by Crippen LogP contribution is -2.24. The molecule has 1 saturated heterocycles. The first kappa shape index (κ1) is 12.9. The Labute approximate surface area is 93.1 Å². The van der Waals surface area contributed by atoms with Crippen molar-refractivity contribution in [1.82, 2.24) is 0 Å². The second kappa shape index (κ2) is 8.08. The lowest BCUT2D eigenvalue weighted by Gasteiger charge is -2.20. The highest BCUT2D eigenvalue weighted by molar-refractivity contribution is 4.66. The van der Waals surface area contributed by atoms with Crippen molar-refractivity contribution in [1.29, 1.82) is 0 Å². The van der Waals surface area contributed by atoms with Crippen molar-refractivity contribution in [2.75, 3.05) is 19.8 Å². The molecule has 0 aliphatic carbocycles. The van der Waals surface area contributed by atoms with Crippen LogP contribution in [0.1, 0.15) is 46.0 Å². The summed E-state index contributed by atoms with van der Waals surface area (Å²) in [6, 6.07) is 0. The molecule has 3 nitrogen and oxygen atoms in total. The van der Waals surface area contributed by atoms with Crippen molar-refractivity contribution in [3.05, 3.63) is 0 Å². The van der Waals surface area contributed by atoms with Crippen molar-refractivity contribution < 1.29 is 14.2 Å². The molecule has 0 N–H and O–H groups in total. The topological polar surface area (TPSA) is 27.7 Å². The van der Waals surface area contributed by atoms with Crippen LogP contribution in [0.25, 0.3) is 0 Å². The van der Waals surface area contributed by atoms with E-state index in [0.717, 1.165) is 45.5 Å². The molecular formula is C12H24O3. The molecule has 1 atom stereocenters. The standard InChI is InChI=1S/C12H24O3/c1-3-7-14-12(15-8-4-2)10-11-6-5-9-13-11/h11-12H,3-10H2,1-2H3. The average Bonchev–Trinajstić information content (AvgIpc) is 2.74. The quantitative estimate of drug-likeness (QED) is 0.584. The van der Waals surface area contributed by atoms with Gasteiger partial charge in [0.15, 0.2) is 6.29 Å². The third-order valence-corrected chi connectivity index (χ3v) is 2.50. The highest BCUT2D eigenvalue weighted by atomic mass is 16.7. The van der Waals surface area contributed by atoms with Crippen LogP contribution in [0.15, 0.2) is 0 Å². The van der Waals surface area contributed by atoms with Crippen LogP contribution in [0.5, 0.6) is 0 Å². The molecular weight excluding hydrogens is 192 g/mol. The zero-order valence-electron chi connectivity index (χ0n) is 10.0. The van der Waals surface area contributed by atoms with Gasteiger partial charge in [-0.15, -0.1) is 0 Å². The molecule has 0 amide bonds. The van der Waals surface area contributed by atoms with Crippen LogP contribution < -0.4 is 0 Å². The zero-order valence-corrected chi connectivity index (χ0v) is 10.0. The predicted molar refractivity (Wildman–Crippen MR) is 59.9 cm³/mol. The maximum Gasteiger partial charge on any atom is 0.160 e. The third kappa shape index (κ3) is 5.50. The van der Waals surface area contributed by atoms with Crippen LogP contribution in [0.3, 0.4) is 0 Å². The van der Waals surface area contributed by atoms with Crippen molar-refractivity contribution in [2.24, 2.45) is 0 Å². The second-order valence-electron chi connectivity index (χ2n) is 4.04. The fraction of sp³-hybridized carbons (Fsp3) is 1.00. The van der Waals surface area contributed by atoms with Crippen molar-refractivity contribution in [3.63, 3.8) is 0 Å². The first-order valence-electron chi connectivity index (χ1n) is 6.21. The molecule has 0 aromatic carbocycles. The van der Waals surface area contributed by atoms with E-state index < -0.39 is 0 Å². The molecule has 1 rings (SSSR count). The monoisotopic (exact) mass is 216 g/mol. The SMILES string of the molecule is CCCOC(CC1CCCO1)OCCC. The number of rotatable bonds is 8. The minimum absolute atomic E-state index is 0.0620. The van der Waals surface area contributed by atoms with Crippen LogP contribution in [0.2, 0.25) is 0 Å². The van der Waals surface area contributed by atoms with Gasteiger partial charge in [-0.05, 0) is 25.7 Å². The Morgan fingerprint density at radius 3 is 2.33 bits per heavy atom. The van der Waals surface area contributed by atoms with E-state index in [9.17, 15) is 0 Å². The summed E-state index contributed by atoms with van der Waals surface area (Å²) in [5.74, 6) is 0. The summed E-state index contributed by atoms with van der Waals surface area (Å²) in [6.45, 7) is 6.69. The fourth-order valence-electron chi connectivity index (χ4n) is 1.73. The Morgan fingerprint density at radius 1 is 1.20 bits per heavy atom. The van der Waals surface area contributed by atoms with Crippen molar-refractivity contribution >= 4 is 0 Å². The van der Waals surface area contributed by atoms with E-state index in [1.807, 2.05) is 0 Å². The molecule has 1 heterocycles. The maximum absolute atomic E-state index is 5.65. The second-order valence-corrected chi connectivity index (χ2v) is 4.04. The average molecular weight is 216 g/mol. The molecule has 90 valence electrons. The Bertz CT molecular complexity index is 136. The van der Waals surface area contributed by atoms with Crippen LogP contribution in [0, 0.1) is 0 Å². The molecule has 0 radical (unpaired) electrons. The van der Waals surface area contributed by atoms with E-state index in [1.54, 1.807) is 0 Å². The van der Waals surface area contributed by atoms with Gasteiger partial charge in [0.25, 0.3) is 0 Å². The Kier molecular flexibility index (Phi) is 6.98. The van der Waals surface area contributed by atoms with Crippen molar-refractivity contribution in [3.8, 4) is 0 Å². The largest absolute Gasteiger partial charge is 0.378 e. The van der Waals surface area contributed by atoms with Gasteiger partial charge in [-0.1, -0.05) is 13.8 Å². The first-order valence-corrected chi connectivity index (χ1v) is 6.21. The molecule has 0 aromatic rings. The molecule has 1 unspecified atom stereocenters. The smallest absolute Gasteiger partial charge is 0.160 e. The van der Waals surface area contributed by atoms with Gasteiger partial charge in [0, 0.05) is 26.2 Å². The normalized spacial score (nSPS) is 21.4. The molecule has 1 aliphatic heterocycles. The number of hydrogen-bond acceptors (Lipinski definition) is 3. The van der Waals surface area contributed by atoms with Crippen LogP contribution in [0.4, 0.5) is 0 Å². The summed E-state index contributed by atoms with van der Waals surface area (Å²) in [6.07, 6.45) is 5.59. The van der Waals surface area contributed by atoms with E-state index in [0.29, 0.717) is 6.10 Å². The van der Waals surface area contributed by atoms with Crippen LogP contribution in [-0.2, 0) is 14.2 Å². The van der Waals surface area contributed by atoms with Crippen molar-refractivity contribution in [2.45, 2.75) is 58.3 Å². The van der Waals surface area contributed by atoms with Gasteiger partial charge in [-0.3, -0.25) is 0 Å². The molecule has 1 aliphatic rings. The lowest BCUT2D eigenvalue weighted by molar-refractivity contribution is -0.159. The minimum atomic E-state index is -0.0620. The Hall–Kier alpha value is -0.120. The van der Waals surface area contributed by atoms with Gasteiger partial charge in [0.1, 0.15) is 0 Å². The summed E-state index contributed by atoms with van der Waals surface area (Å²) >= 11 is 0. The van der Waals surface area contributed by atoms with Gasteiger partial charge in [0.2, 0.25) is 0 Å². The molecule has 0 aromatic heterocycles. The van der Waals surface area contributed by atoms with Gasteiger partial charge in [-0.25, -0.2) is 0 Å². The molecule has 0 saturated carbocycles. The van der Waals surface area contributed by atoms with Crippen LogP contribution >= 0.6 is 0 Å². The number of hydrogen-bond donors (Lipinski definition) is 0. The van der Waals surface area contributed by atoms with E-state index in [-0.39, 0.29) is 6.29 Å². The Morgan fingerprint density at radius 2 is 1.87 bits per heavy atom. The third-order valence-electron chi connectivity index (χ3n) is 2.50.